The van der Waals surface area contributed by atoms with Crippen molar-refractivity contribution in [2.24, 2.45) is 0 Å². The highest BCUT2D eigenvalue weighted by atomic mass is 16.5. The van der Waals surface area contributed by atoms with Gasteiger partial charge in [-0.2, -0.15) is 0 Å². The first kappa shape index (κ1) is 34.7. The fourth-order valence-electron chi connectivity index (χ4n) is 5.54. The van der Waals surface area contributed by atoms with Crippen LogP contribution in [0.3, 0.4) is 0 Å². The van der Waals surface area contributed by atoms with Crippen molar-refractivity contribution in [3.05, 3.63) is 89.0 Å². The predicted molar refractivity (Wildman–Crippen MR) is 185 cm³/mol. The maximum Gasteiger partial charge on any atom is 0.251 e. The van der Waals surface area contributed by atoms with E-state index in [1.54, 1.807) is 4.68 Å². The highest BCUT2D eigenvalue weighted by Crippen LogP contribution is 2.18. The average molecular weight is 628 g/mol. The minimum atomic E-state index is -0.0560. The molecule has 3 N–H and O–H groups in total. The Hall–Kier alpha value is -4.14. The first-order valence-corrected chi connectivity index (χ1v) is 17.3. The van der Waals surface area contributed by atoms with E-state index in [9.17, 15) is 4.79 Å². The van der Waals surface area contributed by atoms with E-state index in [-0.39, 0.29) is 5.91 Å². The van der Waals surface area contributed by atoms with Gasteiger partial charge in [0, 0.05) is 24.0 Å². The second-order valence-electron chi connectivity index (χ2n) is 12.2. The number of nitrogens with zero attached hydrogens (tertiary/aromatic N) is 5. The zero-order valence-electron chi connectivity index (χ0n) is 27.9. The number of nitrogens with two attached hydrogens (primary N) is 1. The number of amides is 1. The lowest BCUT2D eigenvalue weighted by Gasteiger charge is -2.11. The standard InChI is InChI=1S/C37H53N7O2/c1-3-5-7-12-26-46-35-22-18-31(19-23-35)28-44-34(27-40-37(44)38)15-11-8-10-14-33-29-43(42-41-33)25-24-39-36(45)32-20-16-30(17-21-32)13-9-6-4-2/h16-23,27,29H,3-15,24-26,28H2,1-2H3,(H2,38,40)(H,39,45). The molecule has 0 fully saturated rings. The normalized spacial score (nSPS) is 11.2. The van der Waals surface area contributed by atoms with Crippen molar-refractivity contribution >= 4 is 11.9 Å². The van der Waals surface area contributed by atoms with Gasteiger partial charge in [0.2, 0.25) is 5.95 Å². The van der Waals surface area contributed by atoms with Crippen molar-refractivity contribution in [3.63, 3.8) is 0 Å². The summed E-state index contributed by atoms with van der Waals surface area (Å²) in [7, 11) is 0. The number of nitrogens with one attached hydrogen (secondary N) is 1. The van der Waals surface area contributed by atoms with E-state index in [0.717, 1.165) is 68.7 Å². The monoisotopic (exact) mass is 627 g/mol. The fraction of sp³-hybridized carbons (Fsp3) is 0.514. The molecule has 2 aromatic heterocycles. The van der Waals surface area contributed by atoms with Gasteiger partial charge in [0.25, 0.3) is 5.91 Å². The number of hydrogen-bond acceptors (Lipinski definition) is 6. The van der Waals surface area contributed by atoms with Gasteiger partial charge in [0.1, 0.15) is 5.75 Å². The summed E-state index contributed by atoms with van der Waals surface area (Å²) in [5.74, 6) is 1.41. The van der Waals surface area contributed by atoms with Gasteiger partial charge in [0.15, 0.2) is 0 Å². The molecule has 9 nitrogen and oxygen atoms in total. The molecule has 0 saturated heterocycles. The van der Waals surface area contributed by atoms with Crippen molar-refractivity contribution in [3.8, 4) is 5.75 Å². The molecule has 2 aromatic carbocycles. The van der Waals surface area contributed by atoms with Crippen LogP contribution in [-0.4, -0.2) is 43.6 Å². The van der Waals surface area contributed by atoms with E-state index in [0.29, 0.717) is 31.1 Å². The van der Waals surface area contributed by atoms with Gasteiger partial charge in [-0.05, 0) is 80.3 Å². The summed E-state index contributed by atoms with van der Waals surface area (Å²) in [4.78, 5) is 16.9. The quantitative estimate of drug-likeness (QED) is 0.0893. The molecule has 0 aliphatic rings. The lowest BCUT2D eigenvalue weighted by Crippen LogP contribution is -2.27. The molecule has 9 heteroatoms. The number of benzene rings is 2. The molecule has 46 heavy (non-hydrogen) atoms. The summed E-state index contributed by atoms with van der Waals surface area (Å²) in [5, 5.41) is 11.6. The Morgan fingerprint density at radius 1 is 0.826 bits per heavy atom. The number of anilines is 1. The van der Waals surface area contributed by atoms with E-state index >= 15 is 0 Å². The highest BCUT2D eigenvalue weighted by Gasteiger charge is 2.10. The zero-order chi connectivity index (χ0) is 32.4. The average Bonchev–Trinajstić information content (AvgIpc) is 3.67. The van der Waals surface area contributed by atoms with Gasteiger partial charge in [-0.3, -0.25) is 9.48 Å². The number of hydrogen-bond donors (Lipinski definition) is 2. The number of aromatic nitrogens is 5. The molecule has 0 radical (unpaired) electrons. The third kappa shape index (κ3) is 11.7. The van der Waals surface area contributed by atoms with Gasteiger partial charge in [-0.15, -0.1) is 5.10 Å². The minimum absolute atomic E-state index is 0.0560. The molecule has 4 rings (SSSR count). The molecule has 0 saturated carbocycles. The number of aryl methyl sites for hydroxylation is 3. The molecule has 0 aliphatic heterocycles. The third-order valence-corrected chi connectivity index (χ3v) is 8.36. The van der Waals surface area contributed by atoms with Gasteiger partial charge < -0.3 is 20.4 Å². The van der Waals surface area contributed by atoms with Crippen LogP contribution >= 0.6 is 0 Å². The van der Waals surface area contributed by atoms with Crippen molar-refractivity contribution in [2.75, 3.05) is 18.9 Å². The SMILES string of the molecule is CCCCCCOc1ccc(Cn2c(CCCCCc3cn(CCNC(=O)c4ccc(CCCCC)cc4)nn3)cnc2N)cc1. The maximum atomic E-state index is 12.5. The van der Waals surface area contributed by atoms with Crippen molar-refractivity contribution in [1.82, 2.24) is 29.9 Å². The molecule has 0 atom stereocenters. The largest absolute Gasteiger partial charge is 0.494 e. The second kappa shape index (κ2) is 19.4. The molecule has 0 aliphatic carbocycles. The van der Waals surface area contributed by atoms with Crippen LogP contribution in [0.15, 0.2) is 60.9 Å². The van der Waals surface area contributed by atoms with Crippen LogP contribution in [0.2, 0.25) is 0 Å². The highest BCUT2D eigenvalue weighted by molar-refractivity contribution is 5.94. The number of unbranched alkanes of at least 4 members (excludes halogenated alkanes) is 7. The van der Waals surface area contributed by atoms with E-state index in [4.69, 9.17) is 10.5 Å². The van der Waals surface area contributed by atoms with Crippen molar-refractivity contribution in [1.29, 1.82) is 0 Å². The zero-order valence-corrected chi connectivity index (χ0v) is 27.9. The Balaban J connectivity index is 1.11. The molecule has 248 valence electrons. The molecule has 4 aromatic rings. The summed E-state index contributed by atoms with van der Waals surface area (Å²) in [6, 6.07) is 16.3. The molecule has 0 spiro atoms. The van der Waals surface area contributed by atoms with Crippen molar-refractivity contribution < 1.29 is 9.53 Å². The number of carbonyl (C=O) groups excluding carboxylic acids is 1. The van der Waals surface area contributed by atoms with Crippen LogP contribution in [-0.2, 0) is 32.4 Å². The van der Waals surface area contributed by atoms with Crippen LogP contribution in [0.1, 0.15) is 111 Å². The smallest absolute Gasteiger partial charge is 0.251 e. The van der Waals surface area contributed by atoms with Crippen LogP contribution in [0.4, 0.5) is 5.95 Å². The van der Waals surface area contributed by atoms with Crippen molar-refractivity contribution in [2.45, 2.75) is 110 Å². The summed E-state index contributed by atoms with van der Waals surface area (Å²) in [6.45, 7) is 7.00. The molecular weight excluding hydrogens is 574 g/mol. The topological polar surface area (TPSA) is 113 Å². The van der Waals surface area contributed by atoms with Crippen LogP contribution in [0.25, 0.3) is 0 Å². The van der Waals surface area contributed by atoms with Crippen LogP contribution in [0.5, 0.6) is 5.75 Å². The van der Waals surface area contributed by atoms with E-state index in [2.05, 4.69) is 63.3 Å². The predicted octanol–water partition coefficient (Wildman–Crippen LogP) is 7.18. The Labute approximate surface area is 275 Å². The summed E-state index contributed by atoms with van der Waals surface area (Å²) in [5.41, 5.74) is 11.5. The molecule has 2 heterocycles. The first-order chi connectivity index (χ1) is 22.6. The van der Waals surface area contributed by atoms with Gasteiger partial charge in [0.05, 0.1) is 31.6 Å². The Kier molecular flexibility index (Phi) is 14.6. The lowest BCUT2D eigenvalue weighted by atomic mass is 10.1. The first-order valence-electron chi connectivity index (χ1n) is 17.3. The van der Waals surface area contributed by atoms with Gasteiger partial charge in [-0.1, -0.05) is 81.9 Å². The molecule has 0 bridgehead atoms. The number of ether oxygens (including phenoxy) is 1. The van der Waals surface area contributed by atoms with E-state index < -0.39 is 0 Å². The van der Waals surface area contributed by atoms with E-state index in [1.165, 1.54) is 49.7 Å². The number of imidazole rings is 1. The minimum Gasteiger partial charge on any atom is -0.494 e. The van der Waals surface area contributed by atoms with Crippen LogP contribution < -0.4 is 15.8 Å². The van der Waals surface area contributed by atoms with E-state index in [1.807, 2.05) is 36.7 Å². The number of carbonyl (C=O) groups is 1. The Morgan fingerprint density at radius 3 is 2.30 bits per heavy atom. The summed E-state index contributed by atoms with van der Waals surface area (Å²) < 4.78 is 9.80. The Bertz CT molecular complexity index is 1430. The Morgan fingerprint density at radius 2 is 1.52 bits per heavy atom. The number of rotatable bonds is 22. The maximum absolute atomic E-state index is 12.5. The molecule has 0 unspecified atom stereocenters. The fourth-order valence-corrected chi connectivity index (χ4v) is 5.54. The number of nitrogen functional groups attached to an aromatic ring is 1. The lowest BCUT2D eigenvalue weighted by molar-refractivity contribution is 0.0952. The second-order valence-corrected chi connectivity index (χ2v) is 12.2. The molecule has 1 amide bonds. The van der Waals surface area contributed by atoms with Crippen LogP contribution in [0, 0.1) is 0 Å². The summed E-state index contributed by atoms with van der Waals surface area (Å²) >= 11 is 0. The third-order valence-electron chi connectivity index (χ3n) is 8.36. The van der Waals surface area contributed by atoms with Gasteiger partial charge >= 0.3 is 0 Å². The molecular formula is C37H53N7O2. The van der Waals surface area contributed by atoms with Gasteiger partial charge in [-0.25, -0.2) is 4.98 Å². The summed E-state index contributed by atoms with van der Waals surface area (Å²) in [6.07, 6.45) is 18.4.